The van der Waals surface area contributed by atoms with Crippen LogP contribution in [0.4, 0.5) is 0 Å². The summed E-state index contributed by atoms with van der Waals surface area (Å²) in [7, 11) is 0. The van der Waals surface area contributed by atoms with Crippen LogP contribution in [0, 0.1) is 0 Å². The zero-order valence-corrected chi connectivity index (χ0v) is 14.0. The number of carbonyl (C=O) groups excluding carboxylic acids is 1. The molecule has 22 heavy (non-hydrogen) atoms. The van der Waals surface area contributed by atoms with E-state index in [4.69, 9.17) is 4.74 Å². The van der Waals surface area contributed by atoms with E-state index >= 15 is 0 Å². The first kappa shape index (κ1) is 17.0. The smallest absolute Gasteiger partial charge is 0.248 e. The average molecular weight is 304 g/mol. The number of likely N-dealkylation sites (N-methyl/N-ethyl adjacent to an activating group) is 1. The Morgan fingerprint density at radius 2 is 2.09 bits per heavy atom. The van der Waals surface area contributed by atoms with Crippen LogP contribution in [0.5, 0.6) is 0 Å². The minimum Gasteiger partial charge on any atom is -0.372 e. The third-order valence-electron chi connectivity index (χ3n) is 4.56. The van der Waals surface area contributed by atoms with Crippen molar-refractivity contribution in [2.24, 2.45) is 0 Å². The number of carbonyl (C=O) groups is 1. The maximum absolute atomic E-state index is 12.2. The molecule has 1 saturated heterocycles. The maximum atomic E-state index is 12.2. The largest absolute Gasteiger partial charge is 0.372 e. The second-order valence-electron chi connectivity index (χ2n) is 5.84. The highest BCUT2D eigenvalue weighted by atomic mass is 16.5. The number of hydrogen-bond acceptors (Lipinski definition) is 3. The van der Waals surface area contributed by atoms with Gasteiger partial charge in [0, 0.05) is 38.3 Å². The highest BCUT2D eigenvalue weighted by Gasteiger charge is 2.32. The van der Waals surface area contributed by atoms with Crippen LogP contribution in [0.2, 0.25) is 0 Å². The van der Waals surface area contributed by atoms with Gasteiger partial charge in [-0.3, -0.25) is 9.69 Å². The van der Waals surface area contributed by atoms with Crippen LogP contribution < -0.4 is 0 Å². The molecule has 0 saturated carbocycles. The van der Waals surface area contributed by atoms with Gasteiger partial charge in [-0.1, -0.05) is 30.3 Å². The molecular weight excluding hydrogens is 276 g/mol. The van der Waals surface area contributed by atoms with E-state index in [1.54, 1.807) is 0 Å². The Labute approximate surface area is 134 Å². The first-order valence-corrected chi connectivity index (χ1v) is 8.33. The summed E-state index contributed by atoms with van der Waals surface area (Å²) in [4.78, 5) is 16.7. The first-order chi connectivity index (χ1) is 10.7. The molecule has 0 spiro atoms. The van der Waals surface area contributed by atoms with E-state index in [1.165, 1.54) is 5.56 Å². The summed E-state index contributed by atoms with van der Waals surface area (Å²) in [5, 5.41) is 0. The summed E-state index contributed by atoms with van der Waals surface area (Å²) >= 11 is 0. The van der Waals surface area contributed by atoms with Crippen molar-refractivity contribution in [3.63, 3.8) is 0 Å². The molecular formula is C18H28N2O2. The molecule has 1 heterocycles. The topological polar surface area (TPSA) is 32.8 Å². The fourth-order valence-corrected chi connectivity index (χ4v) is 3.23. The lowest BCUT2D eigenvalue weighted by Gasteiger charge is -2.29. The van der Waals surface area contributed by atoms with Gasteiger partial charge in [0.1, 0.15) is 6.61 Å². The van der Waals surface area contributed by atoms with E-state index in [1.807, 2.05) is 24.8 Å². The third-order valence-corrected chi connectivity index (χ3v) is 4.56. The fourth-order valence-electron chi connectivity index (χ4n) is 3.23. The van der Waals surface area contributed by atoms with Crippen LogP contribution in [0.1, 0.15) is 38.8 Å². The van der Waals surface area contributed by atoms with Crippen LogP contribution in [-0.2, 0) is 9.53 Å². The van der Waals surface area contributed by atoms with E-state index in [9.17, 15) is 4.79 Å². The van der Waals surface area contributed by atoms with Crippen molar-refractivity contribution in [2.75, 3.05) is 32.8 Å². The lowest BCUT2D eigenvalue weighted by molar-refractivity contribution is -0.137. The zero-order valence-electron chi connectivity index (χ0n) is 14.0. The molecule has 4 nitrogen and oxygen atoms in total. The van der Waals surface area contributed by atoms with Crippen molar-refractivity contribution in [1.29, 1.82) is 0 Å². The number of rotatable bonds is 7. The first-order valence-electron chi connectivity index (χ1n) is 8.33. The molecule has 1 aromatic rings. The van der Waals surface area contributed by atoms with E-state index in [2.05, 4.69) is 36.1 Å². The molecule has 122 valence electrons. The minimum absolute atomic E-state index is 0.114. The highest BCUT2D eigenvalue weighted by molar-refractivity contribution is 5.77. The quantitative estimate of drug-likeness (QED) is 0.776. The SMILES string of the molecule is CCOCC(=O)N(CC)C1CCN(C(C)c2ccccc2)C1. The van der Waals surface area contributed by atoms with Gasteiger partial charge in [-0.15, -0.1) is 0 Å². The second kappa shape index (κ2) is 8.30. The Morgan fingerprint density at radius 1 is 1.36 bits per heavy atom. The lowest BCUT2D eigenvalue weighted by atomic mass is 10.1. The number of likely N-dealkylation sites (tertiary alicyclic amines) is 1. The molecule has 0 bridgehead atoms. The van der Waals surface area contributed by atoms with Gasteiger partial charge in [0.05, 0.1) is 0 Å². The van der Waals surface area contributed by atoms with Crippen molar-refractivity contribution in [1.82, 2.24) is 9.80 Å². The van der Waals surface area contributed by atoms with Crippen molar-refractivity contribution in [3.05, 3.63) is 35.9 Å². The molecule has 2 unspecified atom stereocenters. The molecule has 4 heteroatoms. The fraction of sp³-hybridized carbons (Fsp3) is 0.611. The highest BCUT2D eigenvalue weighted by Crippen LogP contribution is 2.26. The number of amides is 1. The number of ether oxygens (including phenoxy) is 1. The third kappa shape index (κ3) is 4.08. The summed E-state index contributed by atoms with van der Waals surface area (Å²) in [6.45, 7) is 9.75. The summed E-state index contributed by atoms with van der Waals surface area (Å²) in [5.41, 5.74) is 1.34. The van der Waals surface area contributed by atoms with Crippen LogP contribution in [0.25, 0.3) is 0 Å². The van der Waals surface area contributed by atoms with Crippen molar-refractivity contribution in [2.45, 2.75) is 39.3 Å². The van der Waals surface area contributed by atoms with Crippen LogP contribution in [-0.4, -0.2) is 54.6 Å². The predicted octanol–water partition coefficient (Wildman–Crippen LogP) is 2.71. The maximum Gasteiger partial charge on any atom is 0.248 e. The Morgan fingerprint density at radius 3 is 2.73 bits per heavy atom. The van der Waals surface area contributed by atoms with Crippen molar-refractivity contribution >= 4 is 5.91 Å². The van der Waals surface area contributed by atoms with Crippen molar-refractivity contribution < 1.29 is 9.53 Å². The molecule has 0 radical (unpaired) electrons. The molecule has 0 aromatic heterocycles. The van der Waals surface area contributed by atoms with Gasteiger partial charge < -0.3 is 9.64 Å². The lowest BCUT2D eigenvalue weighted by Crippen LogP contribution is -2.43. The van der Waals surface area contributed by atoms with Crippen LogP contribution >= 0.6 is 0 Å². The molecule has 1 aromatic carbocycles. The molecule has 1 aliphatic rings. The standard InChI is InChI=1S/C18H28N2O2/c1-4-20(18(21)14-22-5-2)17-11-12-19(13-17)15(3)16-9-7-6-8-10-16/h6-10,15,17H,4-5,11-14H2,1-3H3. The Kier molecular flexibility index (Phi) is 6.40. The Balaban J connectivity index is 1.94. The summed E-state index contributed by atoms with van der Waals surface area (Å²) in [6.07, 6.45) is 1.04. The second-order valence-corrected chi connectivity index (χ2v) is 5.84. The molecule has 1 fully saturated rings. The summed E-state index contributed by atoms with van der Waals surface area (Å²) in [6, 6.07) is 11.3. The number of nitrogens with zero attached hydrogens (tertiary/aromatic N) is 2. The zero-order chi connectivity index (χ0) is 15.9. The van der Waals surface area contributed by atoms with Gasteiger partial charge in [0.15, 0.2) is 0 Å². The van der Waals surface area contributed by atoms with Gasteiger partial charge in [-0.05, 0) is 32.8 Å². The number of hydrogen-bond donors (Lipinski definition) is 0. The molecule has 1 aliphatic heterocycles. The summed E-state index contributed by atoms with van der Waals surface area (Å²) in [5.74, 6) is 0.114. The normalized spacial score (nSPS) is 20.0. The van der Waals surface area contributed by atoms with Crippen molar-refractivity contribution in [3.8, 4) is 0 Å². The van der Waals surface area contributed by atoms with Gasteiger partial charge in [-0.2, -0.15) is 0 Å². The Bertz CT molecular complexity index is 463. The molecule has 2 rings (SSSR count). The summed E-state index contributed by atoms with van der Waals surface area (Å²) < 4.78 is 5.28. The van der Waals surface area contributed by atoms with Gasteiger partial charge in [0.2, 0.25) is 5.91 Å². The average Bonchev–Trinajstić information content (AvgIpc) is 3.03. The van der Waals surface area contributed by atoms with E-state index in [0.29, 0.717) is 18.7 Å². The molecule has 2 atom stereocenters. The van der Waals surface area contributed by atoms with E-state index in [0.717, 1.165) is 26.1 Å². The number of benzene rings is 1. The van der Waals surface area contributed by atoms with E-state index < -0.39 is 0 Å². The molecule has 1 amide bonds. The van der Waals surface area contributed by atoms with Crippen LogP contribution in [0.3, 0.4) is 0 Å². The predicted molar refractivity (Wildman–Crippen MR) is 88.7 cm³/mol. The van der Waals surface area contributed by atoms with Crippen LogP contribution in [0.15, 0.2) is 30.3 Å². The van der Waals surface area contributed by atoms with Gasteiger partial charge in [0.25, 0.3) is 0 Å². The van der Waals surface area contributed by atoms with E-state index in [-0.39, 0.29) is 12.5 Å². The molecule has 0 aliphatic carbocycles. The van der Waals surface area contributed by atoms with Gasteiger partial charge >= 0.3 is 0 Å². The molecule has 0 N–H and O–H groups in total. The minimum atomic E-state index is 0.114. The van der Waals surface area contributed by atoms with Gasteiger partial charge in [-0.25, -0.2) is 0 Å². The monoisotopic (exact) mass is 304 g/mol. The Hall–Kier alpha value is -1.39.